The number of unbranched alkanes of at least 4 members (excludes halogenated alkanes) is 4. The molecule has 2 amide bonds. The number of benzene rings is 2. The van der Waals surface area contributed by atoms with Crippen molar-refractivity contribution in [1.29, 1.82) is 0 Å². The molecule has 0 saturated carbocycles. The van der Waals surface area contributed by atoms with Gasteiger partial charge in [-0.2, -0.15) is 0 Å². The number of carbonyl (C=O) groups is 3. The van der Waals surface area contributed by atoms with Crippen molar-refractivity contribution in [2.24, 2.45) is 0 Å². The van der Waals surface area contributed by atoms with E-state index >= 15 is 0 Å². The summed E-state index contributed by atoms with van der Waals surface area (Å²) < 4.78 is 5.88. The van der Waals surface area contributed by atoms with Crippen LogP contribution < -0.4 is 15.4 Å². The van der Waals surface area contributed by atoms with Crippen LogP contribution in [0.1, 0.15) is 79.4 Å². The van der Waals surface area contributed by atoms with E-state index < -0.39 is 24.0 Å². The summed E-state index contributed by atoms with van der Waals surface area (Å²) in [6, 6.07) is 17.0. The minimum absolute atomic E-state index is 0.176. The first-order chi connectivity index (χ1) is 22.8. The Hall–Kier alpha value is -4.57. The summed E-state index contributed by atoms with van der Waals surface area (Å²) >= 11 is 1.39. The van der Waals surface area contributed by atoms with Gasteiger partial charge in [0.1, 0.15) is 17.8 Å². The Balaban J connectivity index is 1.38. The second kappa shape index (κ2) is 17.9. The number of hydrogen-bond acceptors (Lipinski definition) is 7. The Morgan fingerprint density at radius 2 is 1.49 bits per heavy atom. The molecule has 2 atom stereocenters. The Labute approximate surface area is 280 Å². The number of aryl methyl sites for hydroxylation is 1. The molecule has 0 aliphatic carbocycles. The third-order valence-electron chi connectivity index (χ3n) is 7.74. The lowest BCUT2D eigenvalue weighted by atomic mass is 10.0. The van der Waals surface area contributed by atoms with Crippen LogP contribution >= 0.6 is 11.3 Å². The summed E-state index contributed by atoms with van der Waals surface area (Å²) in [4.78, 5) is 48.2. The van der Waals surface area contributed by atoms with Gasteiger partial charge in [-0.15, -0.1) is 11.3 Å². The van der Waals surface area contributed by atoms with Crippen molar-refractivity contribution in [2.45, 2.75) is 84.2 Å². The monoisotopic (exact) mass is 656 g/mol. The summed E-state index contributed by atoms with van der Waals surface area (Å²) in [6.07, 6.45) is 11.6. The maximum atomic E-state index is 13.1. The Bertz CT molecular complexity index is 1590. The van der Waals surface area contributed by atoms with Crippen LogP contribution in [0.5, 0.6) is 5.75 Å². The molecule has 4 rings (SSSR count). The molecule has 0 radical (unpaired) electrons. The predicted octanol–water partition coefficient (Wildman–Crippen LogP) is 7.10. The van der Waals surface area contributed by atoms with E-state index in [9.17, 15) is 19.5 Å². The van der Waals surface area contributed by atoms with Gasteiger partial charge in [0, 0.05) is 34.8 Å². The highest BCUT2D eigenvalue weighted by molar-refractivity contribution is 7.14. The molecule has 9 nitrogen and oxygen atoms in total. The number of amides is 2. The lowest BCUT2D eigenvalue weighted by Crippen LogP contribution is -2.51. The van der Waals surface area contributed by atoms with E-state index in [0.717, 1.165) is 58.7 Å². The zero-order chi connectivity index (χ0) is 33.6. The van der Waals surface area contributed by atoms with Crippen molar-refractivity contribution in [2.75, 3.05) is 6.61 Å². The number of thiophene rings is 1. The van der Waals surface area contributed by atoms with Crippen LogP contribution in [0.15, 0.2) is 73.1 Å². The predicted molar refractivity (Wildman–Crippen MR) is 186 cm³/mol. The lowest BCUT2D eigenvalue weighted by Gasteiger charge is -2.20. The van der Waals surface area contributed by atoms with E-state index in [-0.39, 0.29) is 12.3 Å². The Kier molecular flexibility index (Phi) is 13.5. The molecule has 248 valence electrons. The average molecular weight is 657 g/mol. The zero-order valence-corrected chi connectivity index (χ0v) is 28.1. The van der Waals surface area contributed by atoms with Gasteiger partial charge >= 0.3 is 5.97 Å². The highest BCUT2D eigenvalue weighted by atomic mass is 32.1. The quantitative estimate of drug-likeness (QED) is 0.0974. The van der Waals surface area contributed by atoms with E-state index in [4.69, 9.17) is 4.74 Å². The van der Waals surface area contributed by atoms with Gasteiger partial charge in [0.25, 0.3) is 5.91 Å². The minimum atomic E-state index is -1.16. The molecule has 0 spiro atoms. The molecular weight excluding hydrogens is 612 g/mol. The number of aliphatic carboxylic acids is 1. The van der Waals surface area contributed by atoms with Crippen LogP contribution in [0.4, 0.5) is 0 Å². The van der Waals surface area contributed by atoms with Crippen molar-refractivity contribution in [3.05, 3.63) is 88.4 Å². The molecular formula is C37H44N4O5S. The maximum absolute atomic E-state index is 13.1. The largest absolute Gasteiger partial charge is 0.494 e. The number of carbonyl (C=O) groups excluding carboxylic acids is 2. The first-order valence-corrected chi connectivity index (χ1v) is 17.2. The van der Waals surface area contributed by atoms with Gasteiger partial charge in [0.15, 0.2) is 5.82 Å². The normalized spacial score (nSPS) is 12.2. The zero-order valence-electron chi connectivity index (χ0n) is 27.3. The summed E-state index contributed by atoms with van der Waals surface area (Å²) in [7, 11) is 0. The highest BCUT2D eigenvalue weighted by Crippen LogP contribution is 2.24. The second-order valence-corrected chi connectivity index (χ2v) is 12.8. The molecule has 0 aliphatic rings. The molecule has 0 aliphatic heterocycles. The van der Waals surface area contributed by atoms with Crippen LogP contribution in [-0.4, -0.2) is 51.5 Å². The van der Waals surface area contributed by atoms with Crippen molar-refractivity contribution in [1.82, 2.24) is 20.6 Å². The van der Waals surface area contributed by atoms with Crippen molar-refractivity contribution < 1.29 is 24.2 Å². The molecule has 0 fully saturated rings. The molecule has 2 heterocycles. The van der Waals surface area contributed by atoms with Gasteiger partial charge < -0.3 is 20.5 Å². The number of aromatic nitrogens is 2. The molecule has 2 aromatic heterocycles. The Morgan fingerprint density at radius 1 is 0.809 bits per heavy atom. The molecule has 3 N–H and O–H groups in total. The summed E-state index contributed by atoms with van der Waals surface area (Å²) in [6.45, 7) is 6.39. The number of carboxylic acids is 1. The lowest BCUT2D eigenvalue weighted by molar-refractivity contribution is -0.141. The second-order valence-electron chi connectivity index (χ2n) is 11.6. The fourth-order valence-electron chi connectivity index (χ4n) is 4.99. The van der Waals surface area contributed by atoms with Crippen LogP contribution in [0.25, 0.3) is 22.5 Å². The van der Waals surface area contributed by atoms with Gasteiger partial charge in [-0.05, 0) is 55.2 Å². The number of hydrogen-bond donors (Lipinski definition) is 3. The number of nitrogens with zero attached hydrogens (tertiary/aromatic N) is 2. The standard InChI is InChI=1S/C37H44N4O5S/c1-4-6-7-8-9-21-46-30-17-15-27(16-18-30)29-23-38-34(39-24-29)28-13-11-26(12-14-28)22-32(35(42)40-25(3)37(44)45)41-36(43)33-20-19-31(47-33)10-5-2/h11-20,23-25,32H,4-10,21-22H2,1-3H3,(H,40,42)(H,41,43)(H,44,45). The summed E-state index contributed by atoms with van der Waals surface area (Å²) in [5, 5.41) is 14.6. The van der Waals surface area contributed by atoms with E-state index in [1.54, 1.807) is 18.5 Å². The van der Waals surface area contributed by atoms with E-state index in [1.807, 2.05) is 54.6 Å². The first kappa shape index (κ1) is 35.3. The highest BCUT2D eigenvalue weighted by Gasteiger charge is 2.25. The topological polar surface area (TPSA) is 131 Å². The molecule has 10 heteroatoms. The summed E-state index contributed by atoms with van der Waals surface area (Å²) in [5.41, 5.74) is 3.48. The summed E-state index contributed by atoms with van der Waals surface area (Å²) in [5.74, 6) is -0.683. The minimum Gasteiger partial charge on any atom is -0.494 e. The van der Waals surface area contributed by atoms with Crippen LogP contribution in [0, 0.1) is 0 Å². The van der Waals surface area contributed by atoms with E-state index in [0.29, 0.717) is 10.7 Å². The van der Waals surface area contributed by atoms with Gasteiger partial charge in [-0.1, -0.05) is 82.3 Å². The number of nitrogens with one attached hydrogen (secondary N) is 2. The average Bonchev–Trinajstić information content (AvgIpc) is 3.56. The van der Waals surface area contributed by atoms with Crippen LogP contribution in [0.3, 0.4) is 0 Å². The molecule has 0 saturated heterocycles. The fraction of sp³-hybridized carbons (Fsp3) is 0.378. The molecule has 2 aromatic carbocycles. The Morgan fingerprint density at radius 3 is 2.15 bits per heavy atom. The molecule has 4 aromatic rings. The van der Waals surface area contributed by atoms with Crippen LogP contribution in [-0.2, 0) is 22.4 Å². The van der Waals surface area contributed by atoms with E-state index in [2.05, 4.69) is 34.4 Å². The smallest absolute Gasteiger partial charge is 0.325 e. The number of carboxylic acid groups (broad SMARTS) is 1. The van der Waals surface area contributed by atoms with Crippen molar-refractivity contribution in [3.63, 3.8) is 0 Å². The van der Waals surface area contributed by atoms with Gasteiger partial charge in [-0.25, -0.2) is 9.97 Å². The maximum Gasteiger partial charge on any atom is 0.325 e. The van der Waals surface area contributed by atoms with Gasteiger partial charge in [-0.3, -0.25) is 14.4 Å². The van der Waals surface area contributed by atoms with Gasteiger partial charge in [0.2, 0.25) is 5.91 Å². The third kappa shape index (κ3) is 10.7. The van der Waals surface area contributed by atoms with Crippen LogP contribution in [0.2, 0.25) is 0 Å². The molecule has 0 bridgehead atoms. The van der Waals surface area contributed by atoms with Crippen molar-refractivity contribution >= 4 is 29.1 Å². The third-order valence-corrected chi connectivity index (χ3v) is 8.88. The van der Waals surface area contributed by atoms with Gasteiger partial charge in [0.05, 0.1) is 11.5 Å². The van der Waals surface area contributed by atoms with Crippen molar-refractivity contribution in [3.8, 4) is 28.3 Å². The SMILES string of the molecule is CCCCCCCOc1ccc(-c2cnc(-c3ccc(CC(NC(=O)c4ccc(CCC)s4)C(=O)NC(C)C(=O)O)cc3)nc2)cc1. The number of ether oxygens (including phenoxy) is 1. The van der Waals surface area contributed by atoms with E-state index in [1.165, 1.54) is 43.9 Å². The molecule has 47 heavy (non-hydrogen) atoms. The number of rotatable bonds is 18. The molecule has 2 unspecified atom stereocenters. The fourth-order valence-corrected chi connectivity index (χ4v) is 6.00. The first-order valence-electron chi connectivity index (χ1n) is 16.3.